The minimum absolute atomic E-state index is 0.0481. The maximum absolute atomic E-state index is 9.41. The number of thiol groups is 1. The van der Waals surface area contributed by atoms with Gasteiger partial charge in [-0.1, -0.05) is 30.3 Å². The van der Waals surface area contributed by atoms with Crippen LogP contribution < -0.4 is 0 Å². The molecule has 128 valence electrons. The molecule has 0 saturated carbocycles. The van der Waals surface area contributed by atoms with Crippen molar-refractivity contribution in [2.45, 2.75) is 12.5 Å². The van der Waals surface area contributed by atoms with Crippen LogP contribution in [-0.4, -0.2) is 46.1 Å². The maximum Gasteiger partial charge on any atom is 0.500 e. The molecule has 0 aliphatic carbocycles. The van der Waals surface area contributed by atoms with Crippen LogP contribution in [0.3, 0.4) is 0 Å². The van der Waals surface area contributed by atoms with Crippen molar-refractivity contribution in [1.29, 1.82) is 0 Å². The van der Waals surface area contributed by atoms with E-state index < -0.39 is 8.80 Å². The van der Waals surface area contributed by atoms with Gasteiger partial charge >= 0.3 is 8.80 Å². The van der Waals surface area contributed by atoms with Crippen molar-refractivity contribution < 1.29 is 23.5 Å². The van der Waals surface area contributed by atoms with Crippen LogP contribution in [0.1, 0.15) is 6.42 Å². The van der Waals surface area contributed by atoms with Crippen molar-refractivity contribution in [3.05, 3.63) is 36.4 Å². The molecule has 0 aliphatic heterocycles. The second kappa shape index (κ2) is 9.79. The summed E-state index contributed by atoms with van der Waals surface area (Å²) in [7, 11) is 2.58. The average molecular weight is 357 g/mol. The second-order valence-corrected chi connectivity index (χ2v) is 8.31. The van der Waals surface area contributed by atoms with E-state index in [1.54, 1.807) is 33.5 Å². The standard InChI is InChI=1S/C10H8O2.C6H16O3SSi/c11-9-6-5-7-3-1-2-4-8(7)10(9)12;1-7-11(8-2,9-3)6-4-5-10/h1-6,11-12H;10H,4-6H2,1-3H3. The molecule has 5 nitrogen and oxygen atoms in total. The van der Waals surface area contributed by atoms with Gasteiger partial charge in [-0.3, -0.25) is 0 Å². The summed E-state index contributed by atoms with van der Waals surface area (Å²) < 4.78 is 15.6. The summed E-state index contributed by atoms with van der Waals surface area (Å²) in [5.41, 5.74) is 0. The lowest BCUT2D eigenvalue weighted by Crippen LogP contribution is -2.42. The zero-order valence-corrected chi connectivity index (χ0v) is 15.5. The van der Waals surface area contributed by atoms with E-state index in [9.17, 15) is 5.11 Å². The summed E-state index contributed by atoms with van der Waals surface area (Å²) in [6.45, 7) is 0. The summed E-state index contributed by atoms with van der Waals surface area (Å²) in [5, 5.41) is 20.2. The minimum Gasteiger partial charge on any atom is -0.504 e. The largest absolute Gasteiger partial charge is 0.504 e. The first-order chi connectivity index (χ1) is 11.0. The fourth-order valence-electron chi connectivity index (χ4n) is 2.10. The fraction of sp³-hybridized carbons (Fsp3) is 0.375. The molecule has 2 aromatic carbocycles. The van der Waals surface area contributed by atoms with Crippen LogP contribution in [0.25, 0.3) is 10.8 Å². The lowest BCUT2D eigenvalue weighted by molar-refractivity contribution is 0.123. The third-order valence-corrected chi connectivity index (χ3v) is 6.60. The van der Waals surface area contributed by atoms with Crippen LogP contribution in [0.2, 0.25) is 6.04 Å². The van der Waals surface area contributed by atoms with Crippen LogP contribution in [0, 0.1) is 0 Å². The van der Waals surface area contributed by atoms with Crippen LogP contribution in [0.5, 0.6) is 11.5 Å². The topological polar surface area (TPSA) is 68.2 Å². The molecule has 2 N–H and O–H groups in total. The normalized spacial score (nSPS) is 11.1. The Hall–Kier alpha value is -1.25. The number of hydrogen-bond donors (Lipinski definition) is 3. The van der Waals surface area contributed by atoms with Gasteiger partial charge in [-0.25, -0.2) is 0 Å². The third kappa shape index (κ3) is 5.40. The van der Waals surface area contributed by atoms with Crippen molar-refractivity contribution >= 4 is 32.2 Å². The van der Waals surface area contributed by atoms with E-state index in [0.29, 0.717) is 5.39 Å². The highest BCUT2D eigenvalue weighted by Gasteiger charge is 2.36. The Balaban J connectivity index is 0.000000232. The van der Waals surface area contributed by atoms with Gasteiger partial charge in [0.15, 0.2) is 11.5 Å². The van der Waals surface area contributed by atoms with Crippen LogP contribution >= 0.6 is 12.6 Å². The number of benzene rings is 2. The van der Waals surface area contributed by atoms with Gasteiger partial charge < -0.3 is 23.5 Å². The van der Waals surface area contributed by atoms with Crippen molar-refractivity contribution in [3.8, 4) is 11.5 Å². The zero-order chi connectivity index (χ0) is 17.3. The summed E-state index contributed by atoms with van der Waals surface area (Å²) in [6, 6.07) is 11.4. The molecular formula is C16H24O5SSi. The van der Waals surface area contributed by atoms with E-state index in [-0.39, 0.29) is 11.5 Å². The van der Waals surface area contributed by atoms with Crippen LogP contribution in [-0.2, 0) is 13.3 Å². The Bertz CT molecular complexity index is 596. The lowest BCUT2D eigenvalue weighted by Gasteiger charge is -2.23. The first-order valence-electron chi connectivity index (χ1n) is 7.19. The zero-order valence-electron chi connectivity index (χ0n) is 13.7. The van der Waals surface area contributed by atoms with Gasteiger partial charge in [-0.2, -0.15) is 12.6 Å². The SMILES string of the molecule is CO[Si](CCCS)(OC)OC.Oc1ccc2ccccc2c1O. The van der Waals surface area contributed by atoms with E-state index in [0.717, 1.165) is 23.6 Å². The van der Waals surface area contributed by atoms with Gasteiger partial charge in [0.2, 0.25) is 0 Å². The molecule has 0 saturated heterocycles. The molecule has 0 aliphatic rings. The number of rotatable bonds is 6. The summed E-state index contributed by atoms with van der Waals surface area (Å²) in [6.07, 6.45) is 0.963. The Morgan fingerprint density at radius 2 is 1.57 bits per heavy atom. The van der Waals surface area contributed by atoms with E-state index in [4.69, 9.17) is 18.4 Å². The van der Waals surface area contributed by atoms with Gasteiger partial charge in [0.25, 0.3) is 0 Å². The first-order valence-corrected chi connectivity index (χ1v) is 9.76. The molecular weight excluding hydrogens is 332 g/mol. The molecule has 0 radical (unpaired) electrons. The summed E-state index contributed by atoms with van der Waals surface area (Å²) in [5.74, 6) is 0.715. The third-order valence-electron chi connectivity index (χ3n) is 3.45. The molecule has 0 unspecified atom stereocenters. The summed E-state index contributed by atoms with van der Waals surface area (Å²) >= 11 is 4.10. The Labute approximate surface area is 143 Å². The lowest BCUT2D eigenvalue weighted by atomic mass is 10.1. The van der Waals surface area contributed by atoms with Crippen molar-refractivity contribution in [2.24, 2.45) is 0 Å². The Morgan fingerprint density at radius 1 is 0.957 bits per heavy atom. The first kappa shape index (κ1) is 19.8. The van der Waals surface area contributed by atoms with E-state index in [1.807, 2.05) is 18.2 Å². The molecule has 23 heavy (non-hydrogen) atoms. The predicted molar refractivity (Wildman–Crippen MR) is 97.3 cm³/mol. The number of fused-ring (bicyclic) bond motifs is 1. The highest BCUT2D eigenvalue weighted by atomic mass is 32.1. The molecule has 0 aromatic heterocycles. The molecule has 0 amide bonds. The molecule has 7 heteroatoms. The molecule has 0 bridgehead atoms. The summed E-state index contributed by atoms with van der Waals surface area (Å²) in [4.78, 5) is 0. The molecule has 2 rings (SSSR count). The van der Waals surface area contributed by atoms with Crippen molar-refractivity contribution in [3.63, 3.8) is 0 Å². The van der Waals surface area contributed by atoms with Gasteiger partial charge in [-0.05, 0) is 23.6 Å². The number of aromatic hydroxyl groups is 2. The minimum atomic E-state index is -2.29. The number of phenolic OH excluding ortho intramolecular Hbond substituents is 2. The Morgan fingerprint density at radius 3 is 2.13 bits per heavy atom. The monoisotopic (exact) mass is 356 g/mol. The van der Waals surface area contributed by atoms with Gasteiger partial charge in [-0.15, -0.1) is 0 Å². The van der Waals surface area contributed by atoms with Crippen LogP contribution in [0.4, 0.5) is 0 Å². The van der Waals surface area contributed by atoms with Crippen molar-refractivity contribution in [1.82, 2.24) is 0 Å². The van der Waals surface area contributed by atoms with Gasteiger partial charge in [0, 0.05) is 32.8 Å². The quantitative estimate of drug-likeness (QED) is 0.420. The smallest absolute Gasteiger partial charge is 0.500 e. The van der Waals surface area contributed by atoms with Crippen LogP contribution in [0.15, 0.2) is 36.4 Å². The van der Waals surface area contributed by atoms with Crippen molar-refractivity contribution in [2.75, 3.05) is 27.1 Å². The highest BCUT2D eigenvalue weighted by Crippen LogP contribution is 2.32. The molecule has 0 fully saturated rings. The van der Waals surface area contributed by atoms with Gasteiger partial charge in [0.1, 0.15) is 0 Å². The average Bonchev–Trinajstić information content (AvgIpc) is 2.61. The van der Waals surface area contributed by atoms with Gasteiger partial charge in [0.05, 0.1) is 0 Å². The highest BCUT2D eigenvalue weighted by molar-refractivity contribution is 7.80. The number of hydrogen-bond acceptors (Lipinski definition) is 6. The maximum atomic E-state index is 9.41. The van der Waals surface area contributed by atoms with E-state index >= 15 is 0 Å². The second-order valence-electron chi connectivity index (χ2n) is 4.78. The molecule has 0 heterocycles. The number of phenols is 2. The van der Waals surface area contributed by atoms with E-state index in [1.165, 1.54) is 6.07 Å². The van der Waals surface area contributed by atoms with E-state index in [2.05, 4.69) is 12.6 Å². The Kier molecular flexibility index (Phi) is 8.42. The molecule has 0 spiro atoms. The molecule has 2 aromatic rings. The fourth-order valence-corrected chi connectivity index (χ4v) is 4.27. The molecule has 0 atom stereocenters. The predicted octanol–water partition coefficient (Wildman–Crippen LogP) is 3.44.